The van der Waals surface area contributed by atoms with Crippen LogP contribution in [0.4, 0.5) is 10.7 Å². The average molecular weight is 508 g/mol. The van der Waals surface area contributed by atoms with Gasteiger partial charge in [-0.1, -0.05) is 36.4 Å². The van der Waals surface area contributed by atoms with E-state index >= 15 is 0 Å². The number of halogens is 1. The third-order valence-corrected chi connectivity index (χ3v) is 7.22. The van der Waals surface area contributed by atoms with Crippen LogP contribution in [-0.4, -0.2) is 75.0 Å². The highest BCUT2D eigenvalue weighted by Gasteiger charge is 2.28. The number of H-pyrrole nitrogens is 1. The summed E-state index contributed by atoms with van der Waals surface area (Å²) in [6.45, 7) is 6.08. The highest BCUT2D eigenvalue weighted by Crippen LogP contribution is 2.32. The number of amides is 3. The predicted octanol–water partition coefficient (Wildman–Crippen LogP) is 4.04. The van der Waals surface area contributed by atoms with E-state index < -0.39 is 0 Å². The summed E-state index contributed by atoms with van der Waals surface area (Å²) in [6.07, 6.45) is 8.16. The maximum absolute atomic E-state index is 13.0. The Balaban J connectivity index is 1.20. The van der Waals surface area contributed by atoms with Gasteiger partial charge in [-0.15, -0.1) is 0 Å². The van der Waals surface area contributed by atoms with Crippen LogP contribution in [0.25, 0.3) is 22.2 Å². The lowest BCUT2D eigenvalue weighted by Gasteiger charge is -2.36. The van der Waals surface area contributed by atoms with Crippen molar-refractivity contribution in [2.45, 2.75) is 37.8 Å². The van der Waals surface area contributed by atoms with Crippen molar-refractivity contribution in [2.75, 3.05) is 31.5 Å². The molecule has 36 heavy (non-hydrogen) atoms. The van der Waals surface area contributed by atoms with Crippen LogP contribution in [0.1, 0.15) is 25.7 Å². The van der Waals surface area contributed by atoms with Crippen LogP contribution in [0.5, 0.6) is 0 Å². The standard InChI is InChI=1S/C26H30ClN7O2/c1-2-23(35)33-12-9-17(10-13-33)31-26(36)34-11-5-6-18(16-34)30-25-29-15-21(27)24(32-25)20-14-28-22-8-4-3-7-19(20)22/h2-4,7-8,14-15,17-18,28H,1,5-6,9-13,16H2,(H,31,36)(H,29,30,32)/t18-/m1/s1. The van der Waals surface area contributed by atoms with Crippen LogP contribution in [0.3, 0.4) is 0 Å². The number of anilines is 1. The summed E-state index contributed by atoms with van der Waals surface area (Å²) in [5, 5.41) is 8.08. The molecule has 5 rings (SSSR count). The number of nitrogens with one attached hydrogen (secondary N) is 3. The molecule has 2 aliphatic rings. The van der Waals surface area contributed by atoms with Gasteiger partial charge in [0, 0.05) is 60.9 Å². The first-order valence-corrected chi connectivity index (χ1v) is 12.7. The van der Waals surface area contributed by atoms with Gasteiger partial charge in [-0.25, -0.2) is 14.8 Å². The lowest BCUT2D eigenvalue weighted by Crippen LogP contribution is -2.53. The second kappa shape index (κ2) is 10.6. The van der Waals surface area contributed by atoms with E-state index in [9.17, 15) is 9.59 Å². The zero-order valence-corrected chi connectivity index (χ0v) is 20.8. The van der Waals surface area contributed by atoms with E-state index in [0.717, 1.165) is 42.1 Å². The molecule has 0 spiro atoms. The fourth-order valence-electron chi connectivity index (χ4n) is 4.99. The topological polar surface area (TPSA) is 106 Å². The Morgan fingerprint density at radius 2 is 1.92 bits per heavy atom. The number of benzene rings is 1. The Morgan fingerprint density at radius 3 is 2.72 bits per heavy atom. The number of nitrogens with zero attached hydrogens (tertiary/aromatic N) is 4. The molecular formula is C26H30ClN7O2. The average Bonchev–Trinajstić information content (AvgIpc) is 3.34. The molecule has 1 atom stereocenters. The summed E-state index contributed by atoms with van der Waals surface area (Å²) >= 11 is 6.47. The lowest BCUT2D eigenvalue weighted by molar-refractivity contribution is -0.127. The van der Waals surface area contributed by atoms with Crippen molar-refractivity contribution in [3.63, 3.8) is 0 Å². The van der Waals surface area contributed by atoms with Crippen molar-refractivity contribution in [3.8, 4) is 11.3 Å². The number of para-hydroxylation sites is 1. The number of aromatic amines is 1. The number of fused-ring (bicyclic) bond motifs is 1. The molecule has 0 unspecified atom stereocenters. The molecule has 10 heteroatoms. The Morgan fingerprint density at radius 1 is 1.11 bits per heavy atom. The van der Waals surface area contributed by atoms with Gasteiger partial charge in [0.1, 0.15) is 0 Å². The van der Waals surface area contributed by atoms with Gasteiger partial charge in [0.2, 0.25) is 11.9 Å². The zero-order chi connectivity index (χ0) is 25.1. The van der Waals surface area contributed by atoms with E-state index in [1.807, 2.05) is 35.4 Å². The van der Waals surface area contributed by atoms with Gasteiger partial charge in [-0.05, 0) is 37.8 Å². The van der Waals surface area contributed by atoms with Crippen LogP contribution in [0.15, 0.2) is 49.3 Å². The van der Waals surface area contributed by atoms with Crippen molar-refractivity contribution in [1.82, 2.24) is 30.1 Å². The predicted molar refractivity (Wildman–Crippen MR) is 141 cm³/mol. The number of carbonyl (C=O) groups is 2. The van der Waals surface area contributed by atoms with Crippen molar-refractivity contribution < 1.29 is 9.59 Å². The van der Waals surface area contributed by atoms with Crippen LogP contribution in [0.2, 0.25) is 5.02 Å². The lowest BCUT2D eigenvalue weighted by atomic mass is 10.0. The molecule has 2 fully saturated rings. The third-order valence-electron chi connectivity index (χ3n) is 6.94. The number of likely N-dealkylation sites (tertiary alicyclic amines) is 2. The molecule has 0 saturated carbocycles. The first-order chi connectivity index (χ1) is 17.5. The maximum atomic E-state index is 13.0. The zero-order valence-electron chi connectivity index (χ0n) is 20.0. The first kappa shape index (κ1) is 24.1. The molecule has 9 nitrogen and oxygen atoms in total. The highest BCUT2D eigenvalue weighted by atomic mass is 35.5. The fourth-order valence-corrected chi connectivity index (χ4v) is 5.19. The Hall–Kier alpha value is -3.59. The molecule has 2 aromatic heterocycles. The van der Waals surface area contributed by atoms with E-state index in [4.69, 9.17) is 16.6 Å². The summed E-state index contributed by atoms with van der Waals surface area (Å²) in [4.78, 5) is 40.7. The molecule has 0 bridgehead atoms. The second-order valence-corrected chi connectivity index (χ2v) is 9.73. The maximum Gasteiger partial charge on any atom is 0.317 e. The van der Waals surface area contributed by atoms with Crippen molar-refractivity contribution >= 4 is 40.4 Å². The fraction of sp³-hybridized carbons (Fsp3) is 0.385. The van der Waals surface area contributed by atoms with Gasteiger partial charge >= 0.3 is 6.03 Å². The first-order valence-electron chi connectivity index (χ1n) is 12.3. The quantitative estimate of drug-likeness (QED) is 0.452. The molecule has 3 N–H and O–H groups in total. The van der Waals surface area contributed by atoms with Crippen molar-refractivity contribution in [2.24, 2.45) is 0 Å². The smallest absolute Gasteiger partial charge is 0.317 e. The number of rotatable bonds is 5. The molecule has 2 aliphatic heterocycles. The number of hydrogen-bond acceptors (Lipinski definition) is 5. The van der Waals surface area contributed by atoms with Gasteiger partial charge in [0.15, 0.2) is 0 Å². The van der Waals surface area contributed by atoms with Crippen LogP contribution in [-0.2, 0) is 4.79 Å². The van der Waals surface area contributed by atoms with Crippen molar-refractivity contribution in [1.29, 1.82) is 0 Å². The number of carbonyl (C=O) groups excluding carboxylic acids is 2. The van der Waals surface area contributed by atoms with Crippen molar-refractivity contribution in [3.05, 3.63) is 54.3 Å². The van der Waals surface area contributed by atoms with Gasteiger partial charge in [0.05, 0.1) is 16.9 Å². The van der Waals surface area contributed by atoms with Gasteiger partial charge in [0.25, 0.3) is 0 Å². The molecule has 4 heterocycles. The number of urea groups is 1. The van der Waals surface area contributed by atoms with Crippen LogP contribution >= 0.6 is 11.6 Å². The second-order valence-electron chi connectivity index (χ2n) is 9.32. The molecule has 2 saturated heterocycles. The summed E-state index contributed by atoms with van der Waals surface area (Å²) in [5.41, 5.74) is 2.61. The molecule has 3 amide bonds. The van der Waals surface area contributed by atoms with E-state index in [-0.39, 0.29) is 24.0 Å². The highest BCUT2D eigenvalue weighted by molar-refractivity contribution is 6.33. The summed E-state index contributed by atoms with van der Waals surface area (Å²) in [5.74, 6) is 0.438. The van der Waals surface area contributed by atoms with Crippen LogP contribution in [0, 0.1) is 0 Å². The summed E-state index contributed by atoms with van der Waals surface area (Å²) in [7, 11) is 0. The number of hydrogen-bond donors (Lipinski definition) is 3. The minimum atomic E-state index is -0.0634. The normalized spacial score (nSPS) is 18.8. The van der Waals surface area contributed by atoms with E-state index in [1.165, 1.54) is 6.08 Å². The Labute approximate surface area is 214 Å². The van der Waals surface area contributed by atoms with E-state index in [1.54, 1.807) is 11.1 Å². The number of piperidine rings is 2. The Bertz CT molecular complexity index is 1270. The molecule has 1 aromatic carbocycles. The largest absolute Gasteiger partial charge is 0.360 e. The van der Waals surface area contributed by atoms with Crippen LogP contribution < -0.4 is 10.6 Å². The van der Waals surface area contributed by atoms with Gasteiger partial charge < -0.3 is 25.4 Å². The minimum Gasteiger partial charge on any atom is -0.360 e. The Kier molecular flexibility index (Phi) is 7.09. The molecule has 3 aromatic rings. The minimum absolute atomic E-state index is 0.0357. The third kappa shape index (κ3) is 5.16. The SMILES string of the molecule is C=CC(=O)N1CCC(NC(=O)N2CCC[C@@H](Nc3ncc(Cl)c(-c4c[nH]c5ccccc45)n3)C2)CC1. The molecule has 0 radical (unpaired) electrons. The summed E-state index contributed by atoms with van der Waals surface area (Å²) in [6, 6.07) is 8.05. The molecule has 0 aliphatic carbocycles. The summed E-state index contributed by atoms with van der Waals surface area (Å²) < 4.78 is 0. The van der Waals surface area contributed by atoms with Gasteiger partial charge in [-0.2, -0.15) is 0 Å². The van der Waals surface area contributed by atoms with E-state index in [0.29, 0.717) is 42.8 Å². The molecular weight excluding hydrogens is 478 g/mol. The van der Waals surface area contributed by atoms with Gasteiger partial charge in [-0.3, -0.25) is 4.79 Å². The monoisotopic (exact) mass is 507 g/mol. The number of aromatic nitrogens is 3. The van der Waals surface area contributed by atoms with E-state index in [2.05, 4.69) is 27.2 Å². The molecule has 188 valence electrons.